The molecule has 0 radical (unpaired) electrons. The first-order valence-corrected chi connectivity index (χ1v) is 3.63. The van der Waals surface area contributed by atoms with Crippen LogP contribution in [0.5, 0.6) is 0 Å². The molecule has 1 rings (SSSR count). The van der Waals surface area contributed by atoms with E-state index in [2.05, 4.69) is 31.6 Å². The monoisotopic (exact) mass is 133 g/mol. The second-order valence-corrected chi connectivity index (χ2v) is 2.83. The molecule has 0 atom stereocenters. The Labute approximate surface area is 62.6 Å². The molecule has 10 heavy (non-hydrogen) atoms. The summed E-state index contributed by atoms with van der Waals surface area (Å²) in [6.07, 6.45) is 1.83. The van der Waals surface area contributed by atoms with E-state index in [0.29, 0.717) is 6.71 Å². The first-order chi connectivity index (χ1) is 4.72. The minimum atomic E-state index is 0.591. The highest BCUT2D eigenvalue weighted by Gasteiger charge is 2.04. The Morgan fingerprint density at radius 3 is 2.50 bits per heavy atom. The molecule has 1 nitrogen and oxygen atoms in total. The second-order valence-electron chi connectivity index (χ2n) is 2.83. The van der Waals surface area contributed by atoms with Crippen LogP contribution in [-0.4, -0.2) is 11.7 Å². The molecule has 0 aromatic carbocycles. The summed E-state index contributed by atoms with van der Waals surface area (Å²) < 4.78 is 0. The van der Waals surface area contributed by atoms with E-state index >= 15 is 0 Å². The molecule has 0 N–H and O–H groups in total. The zero-order valence-corrected chi connectivity index (χ0v) is 6.76. The summed E-state index contributed by atoms with van der Waals surface area (Å²) in [7, 11) is 0. The van der Waals surface area contributed by atoms with Crippen LogP contribution in [-0.2, 0) is 0 Å². The maximum Gasteiger partial charge on any atom is 0.171 e. The summed E-state index contributed by atoms with van der Waals surface area (Å²) in [6, 6.07) is 4.12. The van der Waals surface area contributed by atoms with Crippen molar-refractivity contribution < 1.29 is 0 Å². The lowest BCUT2D eigenvalue weighted by Gasteiger charge is -2.03. The minimum absolute atomic E-state index is 0.591. The van der Waals surface area contributed by atoms with Crippen molar-refractivity contribution in [2.75, 3.05) is 0 Å². The van der Waals surface area contributed by atoms with E-state index in [9.17, 15) is 0 Å². The fraction of sp³-hybridized carbons (Fsp3) is 0.375. The zero-order valence-electron chi connectivity index (χ0n) is 6.76. The van der Waals surface area contributed by atoms with Gasteiger partial charge < -0.3 is 0 Å². The Balaban J connectivity index is 3.03. The summed E-state index contributed by atoms with van der Waals surface area (Å²) in [5.41, 5.74) is 2.50. The lowest BCUT2D eigenvalue weighted by atomic mass is 9.49. The maximum atomic E-state index is 4.20. The maximum absolute atomic E-state index is 4.20. The Morgan fingerprint density at radius 1 is 1.40 bits per heavy atom. The smallest absolute Gasteiger partial charge is 0.171 e. The van der Waals surface area contributed by atoms with Gasteiger partial charge in [0.05, 0.1) is 0 Å². The number of rotatable bonds is 1. The average Bonchev–Trinajstić information content (AvgIpc) is 1.88. The van der Waals surface area contributed by atoms with Gasteiger partial charge in [-0.2, -0.15) is 0 Å². The SMILES string of the molecule is CB(C)c1cccnc1C. The third-order valence-corrected chi connectivity index (χ3v) is 1.67. The summed E-state index contributed by atoms with van der Waals surface area (Å²) in [6.45, 7) is 7.01. The van der Waals surface area contributed by atoms with E-state index in [0.717, 1.165) is 5.69 Å². The predicted octanol–water partition coefficient (Wildman–Crippen LogP) is 1.35. The molecule has 0 saturated heterocycles. The van der Waals surface area contributed by atoms with Crippen LogP contribution in [0.2, 0.25) is 13.6 Å². The van der Waals surface area contributed by atoms with Gasteiger partial charge in [0.2, 0.25) is 0 Å². The molecular formula is C8H12BN. The first-order valence-electron chi connectivity index (χ1n) is 3.63. The predicted molar refractivity (Wildman–Crippen MR) is 46.1 cm³/mol. The highest BCUT2D eigenvalue weighted by molar-refractivity contribution is 6.71. The molecule has 0 aliphatic rings. The van der Waals surface area contributed by atoms with Gasteiger partial charge >= 0.3 is 0 Å². The van der Waals surface area contributed by atoms with Crippen LogP contribution in [0.1, 0.15) is 5.69 Å². The third-order valence-electron chi connectivity index (χ3n) is 1.67. The summed E-state index contributed by atoms with van der Waals surface area (Å²) >= 11 is 0. The Kier molecular flexibility index (Phi) is 2.10. The topological polar surface area (TPSA) is 12.9 Å². The Bertz CT molecular complexity index is 220. The molecule has 1 aromatic rings. The third kappa shape index (κ3) is 1.38. The van der Waals surface area contributed by atoms with Gasteiger partial charge in [-0.3, -0.25) is 4.98 Å². The number of nitrogens with zero attached hydrogens (tertiary/aromatic N) is 1. The molecule has 2 heteroatoms. The number of pyridine rings is 1. The quantitative estimate of drug-likeness (QED) is 0.527. The normalized spacial score (nSPS) is 9.50. The molecule has 1 aromatic heterocycles. The van der Waals surface area contributed by atoms with Gasteiger partial charge in [0.1, 0.15) is 0 Å². The molecular weight excluding hydrogens is 121 g/mol. The van der Waals surface area contributed by atoms with E-state index in [-0.39, 0.29) is 0 Å². The van der Waals surface area contributed by atoms with Gasteiger partial charge in [-0.1, -0.05) is 25.2 Å². The molecule has 0 unspecified atom stereocenters. The van der Waals surface area contributed by atoms with Crippen LogP contribution in [0.25, 0.3) is 0 Å². The minimum Gasteiger partial charge on any atom is -0.262 e. The fourth-order valence-corrected chi connectivity index (χ4v) is 1.11. The molecule has 52 valence electrons. The van der Waals surface area contributed by atoms with Crippen LogP contribution in [0.15, 0.2) is 18.3 Å². The van der Waals surface area contributed by atoms with Crippen LogP contribution >= 0.6 is 0 Å². The van der Waals surface area contributed by atoms with E-state index < -0.39 is 0 Å². The van der Waals surface area contributed by atoms with E-state index in [4.69, 9.17) is 0 Å². The number of hydrogen-bond donors (Lipinski definition) is 0. The molecule has 0 spiro atoms. The summed E-state index contributed by atoms with van der Waals surface area (Å²) in [4.78, 5) is 4.20. The first kappa shape index (κ1) is 7.32. The number of aromatic nitrogens is 1. The van der Waals surface area contributed by atoms with Crippen molar-refractivity contribution in [3.8, 4) is 0 Å². The highest BCUT2D eigenvalue weighted by atomic mass is 14.6. The van der Waals surface area contributed by atoms with Crippen LogP contribution in [0, 0.1) is 6.92 Å². The number of aryl methyl sites for hydroxylation is 1. The van der Waals surface area contributed by atoms with Crippen molar-refractivity contribution in [2.45, 2.75) is 20.6 Å². The van der Waals surface area contributed by atoms with Gasteiger partial charge in [0.15, 0.2) is 6.71 Å². The van der Waals surface area contributed by atoms with Crippen molar-refractivity contribution in [2.24, 2.45) is 0 Å². The molecule has 0 fully saturated rings. The van der Waals surface area contributed by atoms with Gasteiger partial charge in [-0.15, -0.1) is 0 Å². The van der Waals surface area contributed by atoms with Crippen molar-refractivity contribution >= 4 is 12.2 Å². The second kappa shape index (κ2) is 2.87. The molecule has 0 amide bonds. The lowest BCUT2D eigenvalue weighted by Crippen LogP contribution is -2.25. The lowest BCUT2D eigenvalue weighted by molar-refractivity contribution is 1.22. The van der Waals surface area contributed by atoms with E-state index in [1.165, 1.54) is 5.46 Å². The highest BCUT2D eigenvalue weighted by Crippen LogP contribution is 1.90. The van der Waals surface area contributed by atoms with Crippen molar-refractivity contribution in [1.82, 2.24) is 4.98 Å². The fourth-order valence-electron chi connectivity index (χ4n) is 1.11. The Morgan fingerprint density at radius 2 is 2.10 bits per heavy atom. The zero-order chi connectivity index (χ0) is 7.56. The van der Waals surface area contributed by atoms with Gasteiger partial charge in [-0.05, 0) is 13.0 Å². The molecule has 0 aliphatic carbocycles. The average molecular weight is 133 g/mol. The molecule has 0 aliphatic heterocycles. The Hall–Kier alpha value is -0.785. The van der Waals surface area contributed by atoms with Gasteiger partial charge in [0, 0.05) is 11.9 Å². The number of hydrogen-bond acceptors (Lipinski definition) is 1. The molecule has 0 saturated carbocycles. The largest absolute Gasteiger partial charge is 0.262 e. The van der Waals surface area contributed by atoms with Crippen LogP contribution in [0.3, 0.4) is 0 Å². The van der Waals surface area contributed by atoms with Crippen LogP contribution in [0.4, 0.5) is 0 Å². The molecule has 1 heterocycles. The van der Waals surface area contributed by atoms with Gasteiger partial charge in [-0.25, -0.2) is 0 Å². The summed E-state index contributed by atoms with van der Waals surface area (Å²) in [5, 5.41) is 0. The van der Waals surface area contributed by atoms with E-state index in [1.54, 1.807) is 0 Å². The van der Waals surface area contributed by atoms with E-state index in [1.807, 2.05) is 12.3 Å². The van der Waals surface area contributed by atoms with Crippen LogP contribution < -0.4 is 5.46 Å². The van der Waals surface area contributed by atoms with Gasteiger partial charge in [0.25, 0.3) is 0 Å². The van der Waals surface area contributed by atoms with Crippen molar-refractivity contribution in [3.63, 3.8) is 0 Å². The van der Waals surface area contributed by atoms with Crippen molar-refractivity contribution in [3.05, 3.63) is 24.0 Å². The summed E-state index contributed by atoms with van der Waals surface area (Å²) in [5.74, 6) is 0. The molecule has 0 bridgehead atoms. The standard InChI is InChI=1S/C8H12BN/c1-7-8(9(2)3)5-4-6-10-7/h4-6H,1-3H3. The van der Waals surface area contributed by atoms with Crippen molar-refractivity contribution in [1.29, 1.82) is 0 Å².